The van der Waals surface area contributed by atoms with Crippen molar-refractivity contribution in [2.24, 2.45) is 5.73 Å². The summed E-state index contributed by atoms with van der Waals surface area (Å²) in [5, 5.41) is 8.12. The molecule has 2 heterocycles. The Labute approximate surface area is 106 Å². The van der Waals surface area contributed by atoms with E-state index in [1.165, 1.54) is 12.3 Å². The Morgan fingerprint density at radius 2 is 2.28 bits per heavy atom. The van der Waals surface area contributed by atoms with E-state index < -0.39 is 0 Å². The molecule has 4 N–H and O–H groups in total. The van der Waals surface area contributed by atoms with Gasteiger partial charge in [0.25, 0.3) is 5.56 Å². The first kappa shape index (κ1) is 12.2. The highest BCUT2D eigenvalue weighted by atomic mass is 32.2. The number of aromatic nitrogens is 4. The molecule has 0 saturated carbocycles. The number of rotatable bonds is 3. The second-order valence-electron chi connectivity index (χ2n) is 3.43. The van der Waals surface area contributed by atoms with E-state index in [9.17, 15) is 4.79 Å². The van der Waals surface area contributed by atoms with Gasteiger partial charge in [0.2, 0.25) is 0 Å². The zero-order chi connectivity index (χ0) is 13.1. The Morgan fingerprint density at radius 1 is 1.50 bits per heavy atom. The molecule has 0 aliphatic rings. The van der Waals surface area contributed by atoms with Crippen LogP contribution in [0.5, 0.6) is 0 Å². The van der Waals surface area contributed by atoms with Gasteiger partial charge in [-0.15, -0.1) is 0 Å². The van der Waals surface area contributed by atoms with Crippen molar-refractivity contribution >= 4 is 17.6 Å². The van der Waals surface area contributed by atoms with Crippen LogP contribution in [0.25, 0.3) is 0 Å². The number of aryl methyl sites for hydroxylation is 1. The van der Waals surface area contributed by atoms with Crippen LogP contribution >= 0.6 is 11.8 Å². The number of nitrogens with two attached hydrogens (primary N) is 1. The summed E-state index contributed by atoms with van der Waals surface area (Å²) in [7, 11) is 0. The first-order chi connectivity index (χ1) is 8.54. The smallest absolute Gasteiger partial charge is 0.251 e. The molecular weight excluding hydrogens is 252 g/mol. The molecule has 7 nitrogen and oxygen atoms in total. The second-order valence-corrected chi connectivity index (χ2v) is 4.39. The van der Waals surface area contributed by atoms with Gasteiger partial charge >= 0.3 is 0 Å². The molecule has 2 rings (SSSR count). The van der Waals surface area contributed by atoms with Gasteiger partial charge in [0, 0.05) is 18.0 Å². The van der Waals surface area contributed by atoms with Crippen molar-refractivity contribution in [3.8, 4) is 0 Å². The lowest BCUT2D eigenvalue weighted by molar-refractivity contribution is 0.892. The Balaban J connectivity index is 2.34. The van der Waals surface area contributed by atoms with E-state index in [-0.39, 0.29) is 11.4 Å². The summed E-state index contributed by atoms with van der Waals surface area (Å²) in [5.41, 5.74) is 6.18. The van der Waals surface area contributed by atoms with E-state index in [2.05, 4.69) is 19.9 Å². The fourth-order valence-electron chi connectivity index (χ4n) is 1.22. The maximum absolute atomic E-state index is 11.1. The number of aromatic amines is 1. The summed E-state index contributed by atoms with van der Waals surface area (Å²) in [5.74, 6) is -0.128. The minimum atomic E-state index is -0.244. The quantitative estimate of drug-likeness (QED) is 0.415. The van der Waals surface area contributed by atoms with Crippen LogP contribution in [-0.2, 0) is 0 Å². The first-order valence-electron chi connectivity index (χ1n) is 4.98. The predicted molar refractivity (Wildman–Crippen MR) is 66.8 cm³/mol. The van der Waals surface area contributed by atoms with Gasteiger partial charge < -0.3 is 10.7 Å². The fraction of sp³-hybridized carbons (Fsp3) is 0.100. The van der Waals surface area contributed by atoms with Crippen molar-refractivity contribution in [2.75, 3.05) is 0 Å². The molecule has 0 aliphatic heterocycles. The Morgan fingerprint density at radius 3 is 2.94 bits per heavy atom. The van der Waals surface area contributed by atoms with Crippen LogP contribution in [-0.4, -0.2) is 25.8 Å². The summed E-state index contributed by atoms with van der Waals surface area (Å²) in [6.07, 6.45) is 1.41. The van der Waals surface area contributed by atoms with Crippen molar-refractivity contribution in [1.29, 1.82) is 5.41 Å². The minimum Gasteiger partial charge on any atom is -0.382 e. The topological polar surface area (TPSA) is 121 Å². The van der Waals surface area contributed by atoms with E-state index in [4.69, 9.17) is 11.1 Å². The second kappa shape index (κ2) is 4.96. The Kier molecular flexibility index (Phi) is 3.38. The largest absolute Gasteiger partial charge is 0.382 e. The maximum atomic E-state index is 11.1. The monoisotopic (exact) mass is 262 g/mol. The average molecular weight is 262 g/mol. The van der Waals surface area contributed by atoms with Crippen LogP contribution in [0.15, 0.2) is 33.4 Å². The third-order valence-corrected chi connectivity index (χ3v) is 2.71. The fourth-order valence-corrected chi connectivity index (χ4v) is 1.99. The average Bonchev–Trinajstić information content (AvgIpc) is 2.28. The number of nitrogens with one attached hydrogen (secondary N) is 2. The van der Waals surface area contributed by atoms with Crippen molar-refractivity contribution in [2.45, 2.75) is 17.2 Å². The minimum absolute atomic E-state index is 0.128. The molecular formula is C10H10N6OS. The predicted octanol–water partition coefficient (Wildman–Crippen LogP) is 0.304. The summed E-state index contributed by atoms with van der Waals surface area (Å²) in [6.45, 7) is 1.78. The van der Waals surface area contributed by atoms with Gasteiger partial charge in [0.15, 0.2) is 10.3 Å². The molecule has 0 spiro atoms. The molecule has 0 fully saturated rings. The lowest BCUT2D eigenvalue weighted by Crippen LogP contribution is -2.14. The molecule has 0 aromatic carbocycles. The van der Waals surface area contributed by atoms with Crippen LogP contribution in [0.1, 0.15) is 11.4 Å². The normalized spacial score (nSPS) is 10.3. The van der Waals surface area contributed by atoms with Gasteiger partial charge in [-0.25, -0.2) is 15.0 Å². The van der Waals surface area contributed by atoms with Crippen molar-refractivity contribution < 1.29 is 0 Å². The number of amidine groups is 1. The van der Waals surface area contributed by atoms with Crippen LogP contribution in [0.4, 0.5) is 0 Å². The van der Waals surface area contributed by atoms with E-state index in [1.807, 2.05) is 0 Å². The van der Waals surface area contributed by atoms with Crippen LogP contribution in [0, 0.1) is 12.3 Å². The van der Waals surface area contributed by atoms with Crippen LogP contribution in [0.3, 0.4) is 0 Å². The Hall–Kier alpha value is -2.22. The van der Waals surface area contributed by atoms with Crippen molar-refractivity contribution in [3.05, 3.63) is 40.1 Å². The molecule has 92 valence electrons. The van der Waals surface area contributed by atoms with Crippen molar-refractivity contribution in [3.63, 3.8) is 0 Å². The number of H-pyrrole nitrogens is 1. The molecule has 2 aromatic heterocycles. The summed E-state index contributed by atoms with van der Waals surface area (Å²) in [6, 6.07) is 2.94. The van der Waals surface area contributed by atoms with Crippen LogP contribution < -0.4 is 11.3 Å². The van der Waals surface area contributed by atoms with Crippen LogP contribution in [0.2, 0.25) is 0 Å². The molecule has 0 amide bonds. The lowest BCUT2D eigenvalue weighted by Gasteiger charge is -2.03. The van der Waals surface area contributed by atoms with Gasteiger partial charge in [0.1, 0.15) is 11.5 Å². The first-order valence-corrected chi connectivity index (χ1v) is 5.79. The van der Waals surface area contributed by atoms with E-state index in [0.29, 0.717) is 21.7 Å². The van der Waals surface area contributed by atoms with Gasteiger partial charge in [-0.2, -0.15) is 0 Å². The lowest BCUT2D eigenvalue weighted by atomic mass is 10.3. The zero-order valence-corrected chi connectivity index (χ0v) is 10.3. The van der Waals surface area contributed by atoms with E-state index >= 15 is 0 Å². The van der Waals surface area contributed by atoms with Gasteiger partial charge in [-0.1, -0.05) is 0 Å². The third kappa shape index (κ3) is 2.92. The van der Waals surface area contributed by atoms with E-state index in [1.54, 1.807) is 13.0 Å². The molecule has 8 heteroatoms. The van der Waals surface area contributed by atoms with Gasteiger partial charge in [0.05, 0.1) is 0 Å². The highest BCUT2D eigenvalue weighted by molar-refractivity contribution is 7.99. The molecule has 0 unspecified atom stereocenters. The molecule has 0 saturated heterocycles. The summed E-state index contributed by atoms with van der Waals surface area (Å²) in [4.78, 5) is 25.9. The zero-order valence-electron chi connectivity index (χ0n) is 9.47. The highest BCUT2D eigenvalue weighted by Crippen LogP contribution is 2.19. The molecule has 0 atom stereocenters. The third-order valence-electron chi connectivity index (χ3n) is 1.95. The van der Waals surface area contributed by atoms with Gasteiger partial charge in [-0.05, 0) is 24.8 Å². The molecule has 0 bridgehead atoms. The van der Waals surface area contributed by atoms with Gasteiger partial charge in [-0.3, -0.25) is 10.2 Å². The number of nitrogen functional groups attached to an aromatic ring is 1. The Bertz CT molecular complexity index is 653. The van der Waals surface area contributed by atoms with E-state index in [0.717, 1.165) is 11.8 Å². The molecule has 2 aromatic rings. The van der Waals surface area contributed by atoms with Crippen molar-refractivity contribution in [1.82, 2.24) is 19.9 Å². The number of hydrogen-bond acceptors (Lipinski definition) is 6. The molecule has 0 radical (unpaired) electrons. The highest BCUT2D eigenvalue weighted by Gasteiger charge is 2.07. The number of hydrogen-bond donors (Lipinski definition) is 3. The standard InChI is InChI=1S/C10H10N6OS/c1-5-4-6(8(11)12)15-10(14-5)18-9-13-3-2-7(17)16-9/h2-4H,1H3,(H3,11,12)(H,13,16,17). The maximum Gasteiger partial charge on any atom is 0.251 e. The summed E-state index contributed by atoms with van der Waals surface area (Å²) < 4.78 is 0. The molecule has 0 aliphatic carbocycles. The molecule has 18 heavy (non-hydrogen) atoms. The summed E-state index contributed by atoms with van der Waals surface area (Å²) >= 11 is 1.11. The SMILES string of the molecule is Cc1cc(C(=N)N)nc(Sc2nccc(=O)[nH]2)n1. The number of nitrogens with zero attached hydrogens (tertiary/aromatic N) is 3.